The Labute approximate surface area is 163 Å². The first-order valence-electron chi connectivity index (χ1n) is 9.49. The van der Waals surface area contributed by atoms with Gasteiger partial charge >= 0.3 is 0 Å². The van der Waals surface area contributed by atoms with Gasteiger partial charge in [0.25, 0.3) is 5.56 Å². The van der Waals surface area contributed by atoms with E-state index in [1.165, 1.54) is 11.4 Å². The van der Waals surface area contributed by atoms with Gasteiger partial charge in [-0.25, -0.2) is 4.98 Å². The van der Waals surface area contributed by atoms with E-state index in [1.54, 1.807) is 28.0 Å². The minimum absolute atomic E-state index is 0.0958. The molecule has 3 rings (SSSR count). The molecule has 0 saturated carbocycles. The topological polar surface area (TPSA) is 48.6 Å². The van der Waals surface area contributed by atoms with E-state index in [1.807, 2.05) is 18.4 Å². The molecular formula is C19H30N3O2S2+. The van der Waals surface area contributed by atoms with Crippen LogP contribution in [0, 0.1) is 19.8 Å². The van der Waals surface area contributed by atoms with Crippen LogP contribution in [-0.4, -0.2) is 47.6 Å². The Morgan fingerprint density at radius 3 is 2.88 bits per heavy atom. The largest absolute Gasteiger partial charge is 0.366 e. The van der Waals surface area contributed by atoms with Crippen LogP contribution in [-0.2, 0) is 11.3 Å². The molecule has 0 spiro atoms. The summed E-state index contributed by atoms with van der Waals surface area (Å²) >= 11 is 3.29. The first-order valence-corrected chi connectivity index (χ1v) is 11.3. The molecular weight excluding hydrogens is 366 g/mol. The van der Waals surface area contributed by atoms with Crippen LogP contribution in [0.1, 0.15) is 31.2 Å². The van der Waals surface area contributed by atoms with E-state index in [4.69, 9.17) is 9.72 Å². The quantitative estimate of drug-likeness (QED) is 0.600. The second-order valence-electron chi connectivity index (χ2n) is 7.51. The molecule has 1 saturated heterocycles. The van der Waals surface area contributed by atoms with E-state index in [0.29, 0.717) is 12.5 Å². The molecule has 1 unspecified atom stereocenters. The van der Waals surface area contributed by atoms with Crippen molar-refractivity contribution in [3.05, 3.63) is 20.8 Å². The van der Waals surface area contributed by atoms with E-state index in [9.17, 15) is 4.79 Å². The van der Waals surface area contributed by atoms with E-state index in [-0.39, 0.29) is 11.7 Å². The number of fused-ring (bicyclic) bond motifs is 1. The van der Waals surface area contributed by atoms with Crippen molar-refractivity contribution in [2.24, 2.45) is 5.92 Å². The molecule has 1 aliphatic rings. The van der Waals surface area contributed by atoms with Crippen LogP contribution in [0.5, 0.6) is 0 Å². The number of rotatable bonds is 6. The van der Waals surface area contributed by atoms with Gasteiger partial charge in [0.05, 0.1) is 18.5 Å². The molecule has 1 N–H and O–H groups in total. The standard InChI is InChI=1S/C19H29N3O2S2/c1-6-22-18(23)16-13(4)14(5)26-17(16)20-19(22)25-11-15-10-21(7-8-24-15)9-12(2)3/h12,15H,6-11H2,1-5H3/p+1/t15-/m1/s1. The van der Waals surface area contributed by atoms with Crippen LogP contribution in [0.2, 0.25) is 0 Å². The summed E-state index contributed by atoms with van der Waals surface area (Å²) in [5.74, 6) is 1.55. The van der Waals surface area contributed by atoms with Gasteiger partial charge in [0.2, 0.25) is 0 Å². The fraction of sp³-hybridized carbons (Fsp3) is 0.684. The molecule has 7 heteroatoms. The van der Waals surface area contributed by atoms with Gasteiger partial charge in [-0.15, -0.1) is 11.3 Å². The fourth-order valence-corrected chi connectivity index (χ4v) is 5.74. The minimum Gasteiger partial charge on any atom is -0.366 e. The van der Waals surface area contributed by atoms with Gasteiger partial charge in [-0.05, 0) is 26.3 Å². The summed E-state index contributed by atoms with van der Waals surface area (Å²) in [6, 6.07) is 0. The van der Waals surface area contributed by atoms with Gasteiger partial charge < -0.3 is 9.64 Å². The van der Waals surface area contributed by atoms with E-state index < -0.39 is 0 Å². The van der Waals surface area contributed by atoms with Gasteiger partial charge in [0.15, 0.2) is 5.16 Å². The number of thiophene rings is 1. The molecule has 0 amide bonds. The predicted octanol–water partition coefficient (Wildman–Crippen LogP) is 2.13. The van der Waals surface area contributed by atoms with Crippen molar-refractivity contribution in [1.29, 1.82) is 0 Å². The van der Waals surface area contributed by atoms with E-state index in [2.05, 4.69) is 20.8 Å². The average molecular weight is 397 g/mol. The van der Waals surface area contributed by atoms with E-state index >= 15 is 0 Å². The number of hydrogen-bond donors (Lipinski definition) is 1. The molecule has 2 atom stereocenters. The first kappa shape index (κ1) is 19.9. The molecule has 5 nitrogen and oxygen atoms in total. The highest BCUT2D eigenvalue weighted by molar-refractivity contribution is 7.99. The zero-order valence-electron chi connectivity index (χ0n) is 16.4. The number of thioether (sulfide) groups is 1. The number of ether oxygens (including phenoxy) is 1. The molecule has 144 valence electrons. The summed E-state index contributed by atoms with van der Waals surface area (Å²) in [6.45, 7) is 15.4. The Kier molecular flexibility index (Phi) is 6.43. The molecule has 0 aliphatic carbocycles. The summed E-state index contributed by atoms with van der Waals surface area (Å²) in [5.41, 5.74) is 1.17. The second kappa shape index (κ2) is 8.42. The van der Waals surface area contributed by atoms with Gasteiger partial charge in [0, 0.05) is 23.1 Å². The number of nitrogens with one attached hydrogen (secondary N) is 1. The zero-order chi connectivity index (χ0) is 18.8. The third-order valence-corrected chi connectivity index (χ3v) is 7.20. The number of nitrogens with zero attached hydrogens (tertiary/aromatic N) is 2. The number of quaternary nitrogens is 1. The van der Waals surface area contributed by atoms with Crippen LogP contribution >= 0.6 is 23.1 Å². The summed E-state index contributed by atoms with van der Waals surface area (Å²) < 4.78 is 7.78. The SMILES string of the molecule is CCn1c(SC[C@H]2C[NH+](CC(C)C)CCO2)nc2sc(C)c(C)c2c1=O. The lowest BCUT2D eigenvalue weighted by Crippen LogP contribution is -3.15. The van der Waals surface area contributed by atoms with Crippen LogP contribution in [0.3, 0.4) is 0 Å². The molecule has 0 radical (unpaired) electrons. The number of hydrogen-bond acceptors (Lipinski definition) is 5. The maximum absolute atomic E-state index is 12.9. The Balaban J connectivity index is 1.77. The molecule has 3 heterocycles. The second-order valence-corrected chi connectivity index (χ2v) is 9.70. The number of aromatic nitrogens is 2. The van der Waals surface area contributed by atoms with Crippen molar-refractivity contribution in [1.82, 2.24) is 9.55 Å². The summed E-state index contributed by atoms with van der Waals surface area (Å²) in [4.78, 5) is 21.4. The van der Waals surface area contributed by atoms with Gasteiger partial charge in [-0.3, -0.25) is 9.36 Å². The molecule has 2 aromatic heterocycles. The highest BCUT2D eigenvalue weighted by atomic mass is 32.2. The van der Waals surface area contributed by atoms with Crippen molar-refractivity contribution >= 4 is 33.3 Å². The predicted molar refractivity (Wildman–Crippen MR) is 110 cm³/mol. The lowest BCUT2D eigenvalue weighted by atomic mass is 10.2. The van der Waals surface area contributed by atoms with Crippen LogP contribution < -0.4 is 10.5 Å². The van der Waals surface area contributed by atoms with Crippen LogP contribution in [0.4, 0.5) is 0 Å². The van der Waals surface area contributed by atoms with Crippen molar-refractivity contribution in [3.8, 4) is 0 Å². The Hall–Kier alpha value is -0.890. The van der Waals surface area contributed by atoms with E-state index in [0.717, 1.165) is 46.4 Å². The normalized spacial score (nSPS) is 21.0. The fourth-order valence-electron chi connectivity index (χ4n) is 3.59. The summed E-state index contributed by atoms with van der Waals surface area (Å²) in [7, 11) is 0. The van der Waals surface area contributed by atoms with Crippen molar-refractivity contribution in [3.63, 3.8) is 0 Å². The Bertz CT molecular complexity index is 828. The van der Waals surface area contributed by atoms with Crippen LogP contribution in [0.25, 0.3) is 10.2 Å². The lowest BCUT2D eigenvalue weighted by Gasteiger charge is -2.31. The Morgan fingerprint density at radius 1 is 1.42 bits per heavy atom. The third-order valence-electron chi connectivity index (χ3n) is 4.99. The number of aryl methyl sites for hydroxylation is 2. The van der Waals surface area contributed by atoms with Crippen molar-refractivity contribution < 1.29 is 9.64 Å². The molecule has 1 aliphatic heterocycles. The maximum Gasteiger partial charge on any atom is 0.263 e. The monoisotopic (exact) mass is 396 g/mol. The van der Waals surface area contributed by atoms with Gasteiger partial charge in [-0.2, -0.15) is 0 Å². The Morgan fingerprint density at radius 2 is 2.19 bits per heavy atom. The third kappa shape index (κ3) is 4.16. The molecule has 0 bridgehead atoms. The highest BCUT2D eigenvalue weighted by Gasteiger charge is 2.25. The minimum atomic E-state index is 0.0958. The molecule has 26 heavy (non-hydrogen) atoms. The summed E-state index contributed by atoms with van der Waals surface area (Å²) in [6.07, 6.45) is 0.229. The van der Waals surface area contributed by atoms with Crippen LogP contribution in [0.15, 0.2) is 9.95 Å². The van der Waals surface area contributed by atoms with Crippen molar-refractivity contribution in [2.45, 2.75) is 52.4 Å². The maximum atomic E-state index is 12.9. The lowest BCUT2D eigenvalue weighted by molar-refractivity contribution is -0.914. The molecule has 1 fully saturated rings. The van der Waals surface area contributed by atoms with Crippen molar-refractivity contribution in [2.75, 3.05) is 32.0 Å². The molecule has 0 aromatic carbocycles. The highest BCUT2D eigenvalue weighted by Crippen LogP contribution is 2.28. The van der Waals surface area contributed by atoms with Gasteiger partial charge in [0.1, 0.15) is 24.0 Å². The summed E-state index contributed by atoms with van der Waals surface area (Å²) in [5, 5.41) is 1.62. The average Bonchev–Trinajstić information content (AvgIpc) is 2.87. The zero-order valence-corrected chi connectivity index (χ0v) is 18.1. The van der Waals surface area contributed by atoms with Gasteiger partial charge in [-0.1, -0.05) is 25.6 Å². The number of morpholine rings is 1. The first-order chi connectivity index (χ1) is 12.4. The molecule has 2 aromatic rings. The smallest absolute Gasteiger partial charge is 0.263 e.